The van der Waals surface area contributed by atoms with Crippen LogP contribution in [0.4, 0.5) is 4.39 Å². The van der Waals surface area contributed by atoms with E-state index < -0.39 is 5.82 Å². The van der Waals surface area contributed by atoms with E-state index >= 15 is 0 Å². The molecular formula is C20H14FNO2. The number of hydrogen-bond acceptors (Lipinski definition) is 2. The van der Waals surface area contributed by atoms with Gasteiger partial charge in [0.15, 0.2) is 17.0 Å². The van der Waals surface area contributed by atoms with Crippen molar-refractivity contribution >= 4 is 21.8 Å². The molecule has 0 aliphatic rings. The van der Waals surface area contributed by atoms with Crippen molar-refractivity contribution in [2.24, 2.45) is 0 Å². The molecule has 0 fully saturated rings. The lowest BCUT2D eigenvalue weighted by atomic mass is 10.0. The SMILES string of the molecule is COc1ccc(-c2ccc3[nH]c4ccccc4c(=O)c3c2)cc1F. The van der Waals surface area contributed by atoms with Gasteiger partial charge < -0.3 is 9.72 Å². The highest BCUT2D eigenvalue weighted by atomic mass is 19.1. The Bertz CT molecular complexity index is 1130. The van der Waals surface area contributed by atoms with E-state index in [1.165, 1.54) is 13.2 Å². The van der Waals surface area contributed by atoms with Crippen LogP contribution < -0.4 is 10.2 Å². The molecule has 0 aliphatic heterocycles. The van der Waals surface area contributed by atoms with Gasteiger partial charge >= 0.3 is 0 Å². The maximum Gasteiger partial charge on any atom is 0.197 e. The number of aromatic nitrogens is 1. The van der Waals surface area contributed by atoms with Crippen LogP contribution in [0.25, 0.3) is 32.9 Å². The zero-order valence-corrected chi connectivity index (χ0v) is 13.0. The molecule has 0 amide bonds. The van der Waals surface area contributed by atoms with Crippen molar-refractivity contribution in [3.8, 4) is 16.9 Å². The van der Waals surface area contributed by atoms with E-state index in [0.717, 1.165) is 16.6 Å². The molecule has 0 spiro atoms. The Kier molecular flexibility index (Phi) is 3.31. The number of halogens is 1. The number of aromatic amines is 1. The maximum atomic E-state index is 13.9. The number of methoxy groups -OCH3 is 1. The van der Waals surface area contributed by atoms with Gasteiger partial charge in [0.05, 0.1) is 7.11 Å². The number of pyridine rings is 1. The van der Waals surface area contributed by atoms with Crippen LogP contribution in [0, 0.1) is 5.82 Å². The van der Waals surface area contributed by atoms with Crippen LogP contribution >= 0.6 is 0 Å². The van der Waals surface area contributed by atoms with Crippen molar-refractivity contribution in [2.45, 2.75) is 0 Å². The molecule has 1 aromatic heterocycles. The highest BCUT2D eigenvalue weighted by Crippen LogP contribution is 2.27. The molecule has 0 radical (unpaired) electrons. The zero-order valence-electron chi connectivity index (χ0n) is 13.0. The normalized spacial score (nSPS) is 11.1. The van der Waals surface area contributed by atoms with Gasteiger partial charge in [-0.3, -0.25) is 4.79 Å². The van der Waals surface area contributed by atoms with Crippen molar-refractivity contribution in [1.82, 2.24) is 4.98 Å². The lowest BCUT2D eigenvalue weighted by Crippen LogP contribution is -2.04. The Morgan fingerprint density at radius 1 is 0.875 bits per heavy atom. The molecule has 3 aromatic carbocycles. The van der Waals surface area contributed by atoms with E-state index in [-0.39, 0.29) is 11.2 Å². The van der Waals surface area contributed by atoms with Gasteiger partial charge in [0.2, 0.25) is 0 Å². The Labute approximate surface area is 137 Å². The molecular weight excluding hydrogens is 305 g/mol. The first-order valence-electron chi connectivity index (χ1n) is 7.56. The molecule has 0 saturated carbocycles. The second kappa shape index (κ2) is 5.49. The number of fused-ring (bicyclic) bond motifs is 2. The summed E-state index contributed by atoms with van der Waals surface area (Å²) >= 11 is 0. The maximum absolute atomic E-state index is 13.9. The Balaban J connectivity index is 1.95. The lowest BCUT2D eigenvalue weighted by molar-refractivity contribution is 0.386. The minimum Gasteiger partial charge on any atom is -0.494 e. The van der Waals surface area contributed by atoms with Crippen molar-refractivity contribution in [1.29, 1.82) is 0 Å². The summed E-state index contributed by atoms with van der Waals surface area (Å²) in [6.45, 7) is 0. The van der Waals surface area contributed by atoms with E-state index in [0.29, 0.717) is 16.3 Å². The summed E-state index contributed by atoms with van der Waals surface area (Å²) in [6.07, 6.45) is 0. The van der Waals surface area contributed by atoms with E-state index in [1.807, 2.05) is 30.3 Å². The first-order valence-corrected chi connectivity index (χ1v) is 7.56. The second-order valence-electron chi connectivity index (χ2n) is 5.61. The third-order valence-electron chi connectivity index (χ3n) is 4.19. The molecule has 0 aliphatic carbocycles. The van der Waals surface area contributed by atoms with Gasteiger partial charge in [0.25, 0.3) is 0 Å². The first-order chi connectivity index (χ1) is 11.7. The molecule has 4 aromatic rings. The molecule has 118 valence electrons. The number of nitrogens with one attached hydrogen (secondary N) is 1. The summed E-state index contributed by atoms with van der Waals surface area (Å²) in [5.74, 6) is -0.231. The average molecular weight is 319 g/mol. The van der Waals surface area contributed by atoms with Crippen LogP contribution in [-0.2, 0) is 0 Å². The predicted octanol–water partition coefficient (Wildman–Crippen LogP) is 4.50. The van der Waals surface area contributed by atoms with E-state index in [4.69, 9.17) is 4.74 Å². The third kappa shape index (κ3) is 2.24. The molecule has 1 heterocycles. The minimum absolute atomic E-state index is 0.0322. The number of H-pyrrole nitrogens is 1. The summed E-state index contributed by atoms with van der Waals surface area (Å²) < 4.78 is 18.9. The van der Waals surface area contributed by atoms with Crippen LogP contribution in [0.1, 0.15) is 0 Å². The molecule has 3 nitrogen and oxygen atoms in total. The van der Waals surface area contributed by atoms with Crippen LogP contribution in [0.3, 0.4) is 0 Å². The van der Waals surface area contributed by atoms with Gasteiger partial charge in [-0.05, 0) is 47.5 Å². The largest absolute Gasteiger partial charge is 0.494 e. The lowest BCUT2D eigenvalue weighted by Gasteiger charge is -2.08. The van der Waals surface area contributed by atoms with Crippen molar-refractivity contribution < 1.29 is 9.13 Å². The monoisotopic (exact) mass is 319 g/mol. The van der Waals surface area contributed by atoms with Crippen LogP contribution in [-0.4, -0.2) is 12.1 Å². The summed E-state index contributed by atoms with van der Waals surface area (Å²) in [5, 5.41) is 1.23. The van der Waals surface area contributed by atoms with Crippen LogP contribution in [0.5, 0.6) is 5.75 Å². The summed E-state index contributed by atoms with van der Waals surface area (Å²) in [4.78, 5) is 16.0. The standard InChI is InChI=1S/C20H14FNO2/c1-24-19-9-7-13(11-16(19)21)12-6-8-18-15(10-12)20(23)14-4-2-3-5-17(14)22-18/h2-11H,1H3,(H,22,23). The highest BCUT2D eigenvalue weighted by molar-refractivity contribution is 5.94. The number of rotatable bonds is 2. The minimum atomic E-state index is -0.428. The van der Waals surface area contributed by atoms with Gasteiger partial charge in [-0.25, -0.2) is 4.39 Å². The number of ether oxygens (including phenoxy) is 1. The van der Waals surface area contributed by atoms with E-state index in [1.54, 1.807) is 24.3 Å². The highest BCUT2D eigenvalue weighted by Gasteiger charge is 2.09. The van der Waals surface area contributed by atoms with Crippen LogP contribution in [0.15, 0.2) is 65.5 Å². The van der Waals surface area contributed by atoms with Crippen LogP contribution in [0.2, 0.25) is 0 Å². The number of benzene rings is 3. The molecule has 0 unspecified atom stereocenters. The zero-order chi connectivity index (χ0) is 16.7. The smallest absolute Gasteiger partial charge is 0.197 e. The van der Waals surface area contributed by atoms with Crippen molar-refractivity contribution in [2.75, 3.05) is 7.11 Å². The first kappa shape index (κ1) is 14.5. The van der Waals surface area contributed by atoms with E-state index in [2.05, 4.69) is 4.98 Å². The van der Waals surface area contributed by atoms with Gasteiger partial charge in [-0.2, -0.15) is 0 Å². The predicted molar refractivity (Wildman–Crippen MR) is 94.0 cm³/mol. The summed E-state index contributed by atoms with van der Waals surface area (Å²) in [5.41, 5.74) is 3.01. The second-order valence-corrected chi connectivity index (χ2v) is 5.61. The third-order valence-corrected chi connectivity index (χ3v) is 4.19. The fourth-order valence-corrected chi connectivity index (χ4v) is 2.95. The fourth-order valence-electron chi connectivity index (χ4n) is 2.95. The average Bonchev–Trinajstić information content (AvgIpc) is 2.62. The quantitative estimate of drug-likeness (QED) is 0.553. The van der Waals surface area contributed by atoms with Crippen molar-refractivity contribution in [3.05, 3.63) is 76.7 Å². The number of hydrogen-bond donors (Lipinski definition) is 1. The molecule has 0 atom stereocenters. The molecule has 1 N–H and O–H groups in total. The van der Waals surface area contributed by atoms with Gasteiger partial charge in [-0.15, -0.1) is 0 Å². The van der Waals surface area contributed by atoms with Gasteiger partial charge in [0.1, 0.15) is 0 Å². The Morgan fingerprint density at radius 2 is 1.58 bits per heavy atom. The van der Waals surface area contributed by atoms with Gasteiger partial charge in [-0.1, -0.05) is 24.3 Å². The number of para-hydroxylation sites is 1. The molecule has 0 saturated heterocycles. The molecule has 0 bridgehead atoms. The summed E-state index contributed by atoms with van der Waals surface area (Å²) in [7, 11) is 1.43. The Hall–Kier alpha value is -3.14. The topological polar surface area (TPSA) is 42.1 Å². The fraction of sp³-hybridized carbons (Fsp3) is 0.0500. The summed E-state index contributed by atoms with van der Waals surface area (Å²) in [6, 6.07) is 17.7. The van der Waals surface area contributed by atoms with E-state index in [9.17, 15) is 9.18 Å². The molecule has 4 rings (SSSR count). The van der Waals surface area contributed by atoms with Crippen molar-refractivity contribution in [3.63, 3.8) is 0 Å². The molecule has 24 heavy (non-hydrogen) atoms. The molecule has 4 heteroatoms. The Morgan fingerprint density at radius 3 is 2.38 bits per heavy atom. The van der Waals surface area contributed by atoms with Gasteiger partial charge in [0, 0.05) is 21.8 Å².